The van der Waals surface area contributed by atoms with Crippen molar-refractivity contribution in [2.75, 3.05) is 12.4 Å². The summed E-state index contributed by atoms with van der Waals surface area (Å²) in [5, 5.41) is 4.43. The Morgan fingerprint density at radius 1 is 1.00 bits per heavy atom. The number of aromatic nitrogens is 1. The number of aryl methyl sites for hydroxylation is 3. The highest BCUT2D eigenvalue weighted by atomic mass is 16.5. The maximum atomic E-state index is 12.0. The number of nitrogens with zero attached hydrogens (tertiary/aromatic N) is 1. The second-order valence-corrected chi connectivity index (χ2v) is 5.96. The zero-order chi connectivity index (χ0) is 17.3. The summed E-state index contributed by atoms with van der Waals surface area (Å²) in [6.45, 7) is 6.09. The number of ether oxygens (including phenoxy) is 1. The van der Waals surface area contributed by atoms with Crippen LogP contribution in [-0.2, 0) is 4.74 Å². The number of rotatable bonds is 3. The Balaban J connectivity index is 2.20. The number of carbonyl (C=O) groups is 1. The van der Waals surface area contributed by atoms with Gasteiger partial charge in [-0.05, 0) is 49.6 Å². The zero-order valence-corrected chi connectivity index (χ0v) is 14.3. The van der Waals surface area contributed by atoms with Gasteiger partial charge in [0.05, 0.1) is 18.3 Å². The Kier molecular flexibility index (Phi) is 4.21. The van der Waals surface area contributed by atoms with Gasteiger partial charge in [-0.25, -0.2) is 9.78 Å². The molecule has 1 aromatic heterocycles. The number of esters is 1. The van der Waals surface area contributed by atoms with Gasteiger partial charge in [0.2, 0.25) is 0 Å². The summed E-state index contributed by atoms with van der Waals surface area (Å²) >= 11 is 0. The Morgan fingerprint density at radius 3 is 2.54 bits per heavy atom. The highest BCUT2D eigenvalue weighted by Gasteiger charge is 2.14. The summed E-state index contributed by atoms with van der Waals surface area (Å²) in [4.78, 5) is 16.5. The van der Waals surface area contributed by atoms with Crippen LogP contribution in [0.5, 0.6) is 0 Å². The number of methoxy groups -OCH3 is 1. The number of carbonyl (C=O) groups excluding carboxylic acids is 1. The normalized spacial score (nSPS) is 10.7. The Labute approximate surface area is 141 Å². The van der Waals surface area contributed by atoms with Crippen molar-refractivity contribution in [1.82, 2.24) is 4.98 Å². The molecule has 122 valence electrons. The van der Waals surface area contributed by atoms with E-state index in [9.17, 15) is 4.79 Å². The van der Waals surface area contributed by atoms with Crippen LogP contribution in [0.3, 0.4) is 0 Å². The first-order valence-electron chi connectivity index (χ1n) is 7.82. The average Bonchev–Trinajstić information content (AvgIpc) is 2.58. The molecular weight excluding hydrogens is 300 g/mol. The molecular formula is C20H20N2O2. The third-order valence-corrected chi connectivity index (χ3v) is 4.10. The van der Waals surface area contributed by atoms with Gasteiger partial charge in [0.25, 0.3) is 0 Å². The zero-order valence-electron chi connectivity index (χ0n) is 14.3. The summed E-state index contributed by atoms with van der Waals surface area (Å²) in [6, 6.07) is 14.0. The van der Waals surface area contributed by atoms with Crippen molar-refractivity contribution < 1.29 is 9.53 Å². The van der Waals surface area contributed by atoms with Crippen LogP contribution in [0.1, 0.15) is 27.2 Å². The maximum absolute atomic E-state index is 12.0. The van der Waals surface area contributed by atoms with Gasteiger partial charge in [-0.3, -0.25) is 0 Å². The Hall–Kier alpha value is -2.88. The number of nitrogens with one attached hydrogen (secondary N) is 1. The molecule has 1 N–H and O–H groups in total. The number of pyridine rings is 1. The number of fused-ring (bicyclic) bond motifs is 1. The smallest absolute Gasteiger partial charge is 0.356 e. The fourth-order valence-corrected chi connectivity index (χ4v) is 2.72. The van der Waals surface area contributed by atoms with Crippen molar-refractivity contribution in [1.29, 1.82) is 0 Å². The average molecular weight is 320 g/mol. The molecule has 0 amide bonds. The van der Waals surface area contributed by atoms with Crippen molar-refractivity contribution in [3.05, 3.63) is 64.8 Å². The van der Waals surface area contributed by atoms with Crippen molar-refractivity contribution in [3.8, 4) is 0 Å². The molecule has 0 aliphatic carbocycles. The monoisotopic (exact) mass is 320 g/mol. The lowest BCUT2D eigenvalue weighted by atomic mass is 10.1. The van der Waals surface area contributed by atoms with E-state index < -0.39 is 5.97 Å². The van der Waals surface area contributed by atoms with Gasteiger partial charge in [-0.15, -0.1) is 0 Å². The quantitative estimate of drug-likeness (QED) is 0.711. The minimum absolute atomic E-state index is 0.298. The molecule has 1 heterocycles. The molecule has 3 rings (SSSR count). The molecule has 24 heavy (non-hydrogen) atoms. The molecule has 4 nitrogen and oxygen atoms in total. The number of hydrogen-bond donors (Lipinski definition) is 1. The largest absolute Gasteiger partial charge is 0.464 e. The molecule has 0 radical (unpaired) electrons. The van der Waals surface area contributed by atoms with Crippen LogP contribution in [0.4, 0.5) is 11.4 Å². The number of hydrogen-bond acceptors (Lipinski definition) is 4. The van der Waals surface area contributed by atoms with E-state index in [1.54, 1.807) is 6.07 Å². The highest BCUT2D eigenvalue weighted by Crippen LogP contribution is 2.30. The number of anilines is 2. The second-order valence-electron chi connectivity index (χ2n) is 5.96. The molecule has 0 fully saturated rings. The first kappa shape index (κ1) is 16.0. The van der Waals surface area contributed by atoms with E-state index >= 15 is 0 Å². The van der Waals surface area contributed by atoms with Crippen molar-refractivity contribution in [3.63, 3.8) is 0 Å². The van der Waals surface area contributed by atoms with E-state index in [4.69, 9.17) is 4.74 Å². The van der Waals surface area contributed by atoms with Gasteiger partial charge in [-0.1, -0.05) is 30.3 Å². The van der Waals surface area contributed by atoms with Crippen LogP contribution in [0.15, 0.2) is 42.5 Å². The van der Waals surface area contributed by atoms with E-state index in [1.165, 1.54) is 12.7 Å². The van der Waals surface area contributed by atoms with E-state index in [0.29, 0.717) is 5.69 Å². The van der Waals surface area contributed by atoms with Gasteiger partial charge in [-0.2, -0.15) is 0 Å². The summed E-state index contributed by atoms with van der Waals surface area (Å²) < 4.78 is 4.84. The lowest BCUT2D eigenvalue weighted by molar-refractivity contribution is 0.0594. The summed E-state index contributed by atoms with van der Waals surface area (Å²) in [7, 11) is 1.36. The first-order chi connectivity index (χ1) is 11.5. The predicted molar refractivity (Wildman–Crippen MR) is 97.0 cm³/mol. The molecule has 0 spiro atoms. The van der Waals surface area contributed by atoms with Crippen molar-refractivity contribution >= 4 is 28.2 Å². The first-order valence-corrected chi connectivity index (χ1v) is 7.82. The van der Waals surface area contributed by atoms with Gasteiger partial charge < -0.3 is 10.1 Å². The molecule has 2 aromatic carbocycles. The van der Waals surface area contributed by atoms with E-state index in [1.807, 2.05) is 25.1 Å². The van der Waals surface area contributed by atoms with Gasteiger partial charge in [0.1, 0.15) is 0 Å². The number of para-hydroxylation sites is 1. The minimum atomic E-state index is -0.441. The second kappa shape index (κ2) is 6.32. The fraction of sp³-hybridized carbons (Fsp3) is 0.200. The topological polar surface area (TPSA) is 51.2 Å². The molecule has 0 atom stereocenters. The van der Waals surface area contributed by atoms with E-state index in [-0.39, 0.29) is 0 Å². The highest BCUT2D eigenvalue weighted by molar-refractivity contribution is 6.00. The molecule has 0 aliphatic heterocycles. The van der Waals surface area contributed by atoms with E-state index in [0.717, 1.165) is 33.4 Å². The van der Waals surface area contributed by atoms with Crippen LogP contribution in [-0.4, -0.2) is 18.1 Å². The minimum Gasteiger partial charge on any atom is -0.464 e. The Morgan fingerprint density at radius 2 is 1.79 bits per heavy atom. The third kappa shape index (κ3) is 2.95. The Bertz CT molecular complexity index is 932. The molecule has 4 heteroatoms. The maximum Gasteiger partial charge on any atom is 0.356 e. The fourth-order valence-electron chi connectivity index (χ4n) is 2.72. The lowest BCUT2D eigenvalue weighted by Crippen LogP contribution is -2.06. The van der Waals surface area contributed by atoms with Crippen LogP contribution in [0, 0.1) is 20.8 Å². The van der Waals surface area contributed by atoms with Crippen molar-refractivity contribution in [2.24, 2.45) is 0 Å². The molecule has 0 bridgehead atoms. The predicted octanol–water partition coefficient (Wildman–Crippen LogP) is 4.69. The summed E-state index contributed by atoms with van der Waals surface area (Å²) in [6.07, 6.45) is 0. The standard InChI is InChI=1S/C20H20N2O2/c1-12-8-9-13(2)16(10-12)21-17-11-18(20(23)24-4)22-19-14(3)6-5-7-15(17)19/h5-11H,1-4H3,(H,21,22). The van der Waals surface area contributed by atoms with Crippen molar-refractivity contribution in [2.45, 2.75) is 20.8 Å². The van der Waals surface area contributed by atoms with Crippen LogP contribution in [0.2, 0.25) is 0 Å². The van der Waals surface area contributed by atoms with Crippen LogP contribution < -0.4 is 5.32 Å². The van der Waals surface area contributed by atoms with Gasteiger partial charge in [0.15, 0.2) is 5.69 Å². The molecule has 3 aromatic rings. The summed E-state index contributed by atoms with van der Waals surface area (Å²) in [5.41, 5.74) is 6.28. The van der Waals surface area contributed by atoms with E-state index in [2.05, 4.69) is 42.3 Å². The third-order valence-electron chi connectivity index (χ3n) is 4.10. The van der Waals surface area contributed by atoms with Crippen LogP contribution >= 0.6 is 0 Å². The summed E-state index contributed by atoms with van der Waals surface area (Å²) in [5.74, 6) is -0.441. The molecule has 0 saturated carbocycles. The molecule has 0 unspecified atom stereocenters. The molecule has 0 aliphatic rings. The number of benzene rings is 2. The molecule has 0 saturated heterocycles. The SMILES string of the molecule is COC(=O)c1cc(Nc2cc(C)ccc2C)c2cccc(C)c2n1. The van der Waals surface area contributed by atoms with Gasteiger partial charge >= 0.3 is 5.97 Å². The van der Waals surface area contributed by atoms with Crippen LogP contribution in [0.25, 0.3) is 10.9 Å². The van der Waals surface area contributed by atoms with Gasteiger partial charge in [0, 0.05) is 11.1 Å². The lowest BCUT2D eigenvalue weighted by Gasteiger charge is -2.14.